The number of carbonyl (C=O) groups excluding carboxylic acids is 2. The molecule has 3 aromatic rings. The molecule has 1 aromatic heterocycles. The van der Waals surface area contributed by atoms with Gasteiger partial charge in [-0.1, -0.05) is 36.4 Å². The molecule has 0 aliphatic carbocycles. The molecule has 2 aromatic carbocycles. The van der Waals surface area contributed by atoms with Crippen molar-refractivity contribution in [1.82, 2.24) is 5.01 Å². The van der Waals surface area contributed by atoms with Crippen LogP contribution in [0.3, 0.4) is 0 Å². The highest BCUT2D eigenvalue weighted by molar-refractivity contribution is 7.09. The van der Waals surface area contributed by atoms with Crippen molar-refractivity contribution in [2.75, 3.05) is 11.4 Å². The fourth-order valence-electron chi connectivity index (χ4n) is 3.51. The zero-order chi connectivity index (χ0) is 22.5. The first-order valence-corrected chi connectivity index (χ1v) is 11.1. The average molecular weight is 454 g/mol. The summed E-state index contributed by atoms with van der Waals surface area (Å²) in [6.45, 7) is 0.607. The third-order valence-electron chi connectivity index (χ3n) is 5.15. The van der Waals surface area contributed by atoms with Crippen LogP contribution in [0.1, 0.15) is 29.7 Å². The van der Waals surface area contributed by atoms with Gasteiger partial charge in [-0.15, -0.1) is 11.3 Å². The van der Waals surface area contributed by atoms with Crippen molar-refractivity contribution < 1.29 is 18.4 Å². The van der Waals surface area contributed by atoms with Gasteiger partial charge in [0, 0.05) is 30.2 Å². The number of nitrogens with zero attached hydrogens (tertiary/aromatic N) is 3. The topological polar surface area (TPSA) is 53.0 Å². The molecular formula is C24H21F2N3O2S. The number of hydrazone groups is 1. The zero-order valence-electron chi connectivity index (χ0n) is 17.2. The third kappa shape index (κ3) is 5.08. The van der Waals surface area contributed by atoms with Crippen LogP contribution in [-0.2, 0) is 16.1 Å². The minimum Gasteiger partial charge on any atom is -0.304 e. The zero-order valence-corrected chi connectivity index (χ0v) is 18.0. The molecular weight excluding hydrogens is 432 g/mol. The Hall–Kier alpha value is -3.39. The Bertz CT molecular complexity index is 1130. The van der Waals surface area contributed by atoms with Crippen molar-refractivity contribution in [3.8, 4) is 0 Å². The van der Waals surface area contributed by atoms with Crippen LogP contribution in [0.25, 0.3) is 0 Å². The van der Waals surface area contributed by atoms with Gasteiger partial charge in [-0.3, -0.25) is 9.59 Å². The number of anilines is 1. The van der Waals surface area contributed by atoms with Gasteiger partial charge >= 0.3 is 0 Å². The number of halogens is 2. The van der Waals surface area contributed by atoms with E-state index in [0.29, 0.717) is 13.0 Å². The number of hydrogen-bond donors (Lipinski definition) is 0. The van der Waals surface area contributed by atoms with Crippen molar-refractivity contribution >= 4 is 34.6 Å². The first-order valence-electron chi connectivity index (χ1n) is 10.2. The van der Waals surface area contributed by atoms with E-state index in [1.807, 2.05) is 47.8 Å². The molecule has 0 fully saturated rings. The number of amides is 2. The molecule has 1 aliphatic rings. The van der Waals surface area contributed by atoms with Gasteiger partial charge in [0.2, 0.25) is 11.8 Å². The van der Waals surface area contributed by atoms with Crippen molar-refractivity contribution in [1.29, 1.82) is 0 Å². The van der Waals surface area contributed by atoms with E-state index < -0.39 is 17.5 Å². The predicted octanol–water partition coefficient (Wildman–Crippen LogP) is 4.98. The summed E-state index contributed by atoms with van der Waals surface area (Å²) in [5, 5.41) is 7.65. The second-order valence-corrected chi connectivity index (χ2v) is 8.37. The Morgan fingerprint density at radius 2 is 1.84 bits per heavy atom. The van der Waals surface area contributed by atoms with Gasteiger partial charge in [0.15, 0.2) is 0 Å². The maximum absolute atomic E-state index is 14.4. The lowest BCUT2D eigenvalue weighted by Gasteiger charge is -2.23. The molecule has 4 rings (SSSR count). The number of benzene rings is 2. The van der Waals surface area contributed by atoms with E-state index in [0.717, 1.165) is 28.3 Å². The van der Waals surface area contributed by atoms with E-state index in [4.69, 9.17) is 0 Å². The van der Waals surface area contributed by atoms with Crippen LogP contribution in [0.15, 0.2) is 71.1 Å². The highest BCUT2D eigenvalue weighted by atomic mass is 32.1. The minimum absolute atomic E-state index is 0.0113. The Balaban J connectivity index is 1.44. The third-order valence-corrected chi connectivity index (χ3v) is 6.01. The molecule has 8 heteroatoms. The van der Waals surface area contributed by atoms with Crippen LogP contribution in [0.2, 0.25) is 0 Å². The maximum Gasteiger partial charge on any atom is 0.243 e. The van der Waals surface area contributed by atoms with Crippen molar-refractivity contribution in [3.05, 3.63) is 88.1 Å². The first kappa shape index (κ1) is 21.8. The smallest absolute Gasteiger partial charge is 0.243 e. The summed E-state index contributed by atoms with van der Waals surface area (Å²) >= 11 is 1.43. The average Bonchev–Trinajstić information content (AvgIpc) is 3.49. The molecule has 32 heavy (non-hydrogen) atoms. The Labute approximate surface area is 188 Å². The van der Waals surface area contributed by atoms with Gasteiger partial charge in [0.1, 0.15) is 11.6 Å². The summed E-state index contributed by atoms with van der Waals surface area (Å²) in [4.78, 5) is 27.7. The molecule has 5 nitrogen and oxygen atoms in total. The second-order valence-electron chi connectivity index (χ2n) is 7.33. The van der Waals surface area contributed by atoms with Gasteiger partial charge in [-0.05, 0) is 29.1 Å². The largest absolute Gasteiger partial charge is 0.304 e. The lowest BCUT2D eigenvalue weighted by atomic mass is 10.1. The van der Waals surface area contributed by atoms with Gasteiger partial charge in [0.05, 0.1) is 24.5 Å². The van der Waals surface area contributed by atoms with Crippen molar-refractivity contribution in [3.63, 3.8) is 0 Å². The number of hydrogen-bond acceptors (Lipinski definition) is 4. The van der Waals surface area contributed by atoms with Crippen LogP contribution in [0.5, 0.6) is 0 Å². The van der Waals surface area contributed by atoms with Crippen LogP contribution in [-0.4, -0.2) is 29.1 Å². The van der Waals surface area contributed by atoms with E-state index in [1.165, 1.54) is 27.3 Å². The molecule has 0 atom stereocenters. The molecule has 164 valence electrons. The normalized spacial score (nSPS) is 13.2. The molecule has 0 saturated carbocycles. The summed E-state index contributed by atoms with van der Waals surface area (Å²) in [6.07, 6.45) is 0.497. The van der Waals surface area contributed by atoms with Crippen molar-refractivity contribution in [2.45, 2.75) is 25.8 Å². The molecule has 2 heterocycles. The van der Waals surface area contributed by atoms with Gasteiger partial charge < -0.3 is 4.90 Å². The van der Waals surface area contributed by atoms with E-state index in [1.54, 1.807) is 0 Å². The van der Waals surface area contributed by atoms with E-state index in [2.05, 4.69) is 5.10 Å². The van der Waals surface area contributed by atoms with Crippen molar-refractivity contribution in [2.24, 2.45) is 5.10 Å². The number of thiophene rings is 1. The first-order chi connectivity index (χ1) is 15.5. The number of rotatable bonds is 7. The quantitative estimate of drug-likeness (QED) is 0.507. The molecule has 2 amide bonds. The summed E-state index contributed by atoms with van der Waals surface area (Å²) in [5.74, 6) is -2.22. The monoisotopic (exact) mass is 453 g/mol. The van der Waals surface area contributed by atoms with E-state index in [9.17, 15) is 18.4 Å². The van der Waals surface area contributed by atoms with Crippen LogP contribution in [0.4, 0.5) is 14.5 Å². The van der Waals surface area contributed by atoms with E-state index >= 15 is 0 Å². The molecule has 0 saturated heterocycles. The highest BCUT2D eigenvalue weighted by Crippen LogP contribution is 2.25. The molecule has 0 radical (unpaired) electrons. The lowest BCUT2D eigenvalue weighted by molar-refractivity contribution is -0.132. The van der Waals surface area contributed by atoms with Crippen LogP contribution < -0.4 is 4.90 Å². The predicted molar refractivity (Wildman–Crippen MR) is 120 cm³/mol. The Kier molecular flexibility index (Phi) is 6.70. The summed E-state index contributed by atoms with van der Waals surface area (Å²) in [7, 11) is 0. The van der Waals surface area contributed by atoms with Gasteiger partial charge in [-0.2, -0.15) is 5.10 Å². The Morgan fingerprint density at radius 3 is 2.56 bits per heavy atom. The summed E-state index contributed by atoms with van der Waals surface area (Å²) in [5.41, 5.74) is 1.79. The Morgan fingerprint density at radius 1 is 1.03 bits per heavy atom. The number of carbonyl (C=O) groups is 2. The molecule has 0 unspecified atom stereocenters. The standard InChI is InChI=1S/C24H21F2N3O2S/c25-18-8-9-22(20(26)15-18)28(16-19-7-4-14-32-19)23(30)10-11-24(31)29-13-12-21(27-29)17-5-2-1-3-6-17/h1-9,14-15H,10-13,16H2. The fourth-order valence-corrected chi connectivity index (χ4v) is 4.21. The molecule has 0 bridgehead atoms. The minimum atomic E-state index is -0.821. The van der Waals surface area contributed by atoms with Gasteiger partial charge in [0.25, 0.3) is 0 Å². The lowest BCUT2D eigenvalue weighted by Crippen LogP contribution is -2.32. The van der Waals surface area contributed by atoms with Crippen LogP contribution in [0, 0.1) is 11.6 Å². The fraction of sp³-hybridized carbons (Fsp3) is 0.208. The second kappa shape index (κ2) is 9.82. The molecule has 1 aliphatic heterocycles. The molecule has 0 spiro atoms. The maximum atomic E-state index is 14.4. The highest BCUT2D eigenvalue weighted by Gasteiger charge is 2.25. The van der Waals surface area contributed by atoms with E-state index in [-0.39, 0.29) is 31.0 Å². The summed E-state index contributed by atoms with van der Waals surface area (Å²) < 4.78 is 27.8. The SMILES string of the molecule is O=C(CCC(=O)N(Cc1cccs1)c1ccc(F)cc1F)N1CCC(c2ccccc2)=N1. The molecule has 0 N–H and O–H groups in total. The summed E-state index contributed by atoms with van der Waals surface area (Å²) in [6, 6.07) is 16.4. The van der Waals surface area contributed by atoms with Crippen LogP contribution >= 0.6 is 11.3 Å². The van der Waals surface area contributed by atoms with Gasteiger partial charge in [-0.25, -0.2) is 13.8 Å².